The van der Waals surface area contributed by atoms with E-state index in [1.165, 1.54) is 12.1 Å². The van der Waals surface area contributed by atoms with Crippen LogP contribution in [0.4, 0.5) is 18.9 Å². The highest BCUT2D eigenvalue weighted by atomic mass is 79.9. The Morgan fingerprint density at radius 1 is 1.42 bits per heavy atom. The molecule has 1 rings (SSSR count). The van der Waals surface area contributed by atoms with Crippen molar-refractivity contribution in [3.63, 3.8) is 0 Å². The van der Waals surface area contributed by atoms with Gasteiger partial charge in [0.05, 0.1) is 11.4 Å². The second-order valence-electron chi connectivity index (χ2n) is 4.43. The van der Waals surface area contributed by atoms with Crippen molar-refractivity contribution in [2.24, 2.45) is 5.92 Å². The molecule has 0 saturated carbocycles. The molecule has 0 unspecified atom stereocenters. The van der Waals surface area contributed by atoms with Gasteiger partial charge in [0.2, 0.25) is 5.91 Å². The first-order chi connectivity index (χ1) is 8.61. The quantitative estimate of drug-likeness (QED) is 0.787. The normalized spacial score (nSPS) is 11.8. The fraction of sp³-hybridized carbons (Fsp3) is 0.500. The lowest BCUT2D eigenvalue weighted by Gasteiger charge is -2.26. The number of hydrogen-bond donors (Lipinski definition) is 0. The van der Waals surface area contributed by atoms with Gasteiger partial charge in [-0.25, -0.2) is 4.98 Å². The van der Waals surface area contributed by atoms with Crippen molar-refractivity contribution in [2.45, 2.75) is 26.9 Å². The molecule has 0 saturated heterocycles. The van der Waals surface area contributed by atoms with Crippen LogP contribution in [0.15, 0.2) is 16.7 Å². The number of aryl methyl sites for hydroxylation is 1. The zero-order valence-electron chi connectivity index (χ0n) is 10.8. The molecule has 0 aliphatic carbocycles. The van der Waals surface area contributed by atoms with E-state index >= 15 is 0 Å². The van der Waals surface area contributed by atoms with Gasteiger partial charge in [-0.2, -0.15) is 13.2 Å². The van der Waals surface area contributed by atoms with Crippen molar-refractivity contribution >= 4 is 27.5 Å². The number of rotatable bonds is 3. The van der Waals surface area contributed by atoms with Crippen molar-refractivity contribution in [2.75, 3.05) is 11.4 Å². The summed E-state index contributed by atoms with van der Waals surface area (Å²) in [6, 6.07) is 2.97. The van der Waals surface area contributed by atoms with Gasteiger partial charge in [-0.3, -0.25) is 4.79 Å². The van der Waals surface area contributed by atoms with E-state index in [0.29, 0.717) is 10.3 Å². The molecule has 1 aromatic heterocycles. The monoisotopic (exact) mass is 338 g/mol. The highest BCUT2D eigenvalue weighted by molar-refractivity contribution is 9.10. The van der Waals surface area contributed by atoms with Crippen LogP contribution in [-0.2, 0) is 4.79 Å². The molecular weight excluding hydrogens is 325 g/mol. The van der Waals surface area contributed by atoms with E-state index in [-0.39, 0.29) is 5.69 Å². The van der Waals surface area contributed by atoms with Crippen LogP contribution in [0.5, 0.6) is 0 Å². The summed E-state index contributed by atoms with van der Waals surface area (Å²) in [4.78, 5) is 16.7. The largest absolute Gasteiger partial charge is 0.406 e. The Morgan fingerprint density at radius 2 is 2.00 bits per heavy atom. The van der Waals surface area contributed by atoms with Gasteiger partial charge in [-0.15, -0.1) is 0 Å². The SMILES string of the molecule is Cc1nc(Br)ccc1N(CC(F)(F)F)C(=O)C(C)C. The fourth-order valence-electron chi connectivity index (χ4n) is 1.58. The van der Waals surface area contributed by atoms with Gasteiger partial charge in [0, 0.05) is 5.92 Å². The summed E-state index contributed by atoms with van der Waals surface area (Å²) < 4.78 is 38.3. The third-order valence-corrected chi connectivity index (χ3v) is 2.85. The van der Waals surface area contributed by atoms with Crippen molar-refractivity contribution in [3.8, 4) is 0 Å². The first-order valence-corrected chi connectivity index (χ1v) is 6.42. The average molecular weight is 339 g/mol. The number of carbonyl (C=O) groups is 1. The van der Waals surface area contributed by atoms with E-state index < -0.39 is 24.5 Å². The van der Waals surface area contributed by atoms with Crippen LogP contribution >= 0.6 is 15.9 Å². The molecule has 7 heteroatoms. The molecule has 0 fully saturated rings. The van der Waals surface area contributed by atoms with E-state index in [4.69, 9.17) is 0 Å². The third kappa shape index (κ3) is 4.49. The summed E-state index contributed by atoms with van der Waals surface area (Å²) in [5.41, 5.74) is 0.548. The smallest absolute Gasteiger partial charge is 0.301 e. The van der Waals surface area contributed by atoms with Crippen LogP contribution in [-0.4, -0.2) is 23.6 Å². The summed E-state index contributed by atoms with van der Waals surface area (Å²) in [6.45, 7) is 3.38. The first kappa shape index (κ1) is 15.9. The summed E-state index contributed by atoms with van der Waals surface area (Å²) in [7, 11) is 0. The number of aromatic nitrogens is 1. The maximum atomic E-state index is 12.6. The average Bonchev–Trinajstić information content (AvgIpc) is 2.24. The minimum Gasteiger partial charge on any atom is -0.301 e. The highest BCUT2D eigenvalue weighted by Gasteiger charge is 2.35. The molecule has 0 radical (unpaired) electrons. The van der Waals surface area contributed by atoms with Crippen LogP contribution in [0.2, 0.25) is 0 Å². The van der Waals surface area contributed by atoms with Crippen LogP contribution in [0, 0.1) is 12.8 Å². The van der Waals surface area contributed by atoms with E-state index in [2.05, 4.69) is 20.9 Å². The molecule has 0 aromatic carbocycles. The number of pyridine rings is 1. The molecular formula is C12H14BrF3N2O. The van der Waals surface area contributed by atoms with Gasteiger partial charge in [0.25, 0.3) is 0 Å². The number of alkyl halides is 3. The molecule has 19 heavy (non-hydrogen) atoms. The molecule has 1 heterocycles. The van der Waals surface area contributed by atoms with Crippen molar-refractivity contribution in [1.29, 1.82) is 0 Å². The Labute approximate surface area is 117 Å². The third-order valence-electron chi connectivity index (χ3n) is 2.41. The predicted molar refractivity (Wildman–Crippen MR) is 69.9 cm³/mol. The molecule has 106 valence electrons. The lowest BCUT2D eigenvalue weighted by Crippen LogP contribution is -2.41. The van der Waals surface area contributed by atoms with Crippen LogP contribution in [0.1, 0.15) is 19.5 Å². The number of amides is 1. The number of hydrogen-bond acceptors (Lipinski definition) is 2. The van der Waals surface area contributed by atoms with Gasteiger partial charge in [0.15, 0.2) is 0 Å². The van der Waals surface area contributed by atoms with Gasteiger partial charge >= 0.3 is 6.18 Å². The standard InChI is InChI=1S/C12H14BrF3N2O/c1-7(2)11(19)18(6-12(14,15)16)9-4-5-10(13)17-8(9)3/h4-5,7H,6H2,1-3H3. The van der Waals surface area contributed by atoms with Gasteiger partial charge in [-0.05, 0) is 35.0 Å². The maximum absolute atomic E-state index is 12.6. The molecule has 0 aliphatic heterocycles. The molecule has 3 nitrogen and oxygen atoms in total. The molecule has 1 amide bonds. The Bertz CT molecular complexity index is 475. The molecule has 1 aromatic rings. The number of nitrogens with zero attached hydrogens (tertiary/aromatic N) is 2. The van der Waals surface area contributed by atoms with Crippen LogP contribution < -0.4 is 4.90 Å². The van der Waals surface area contributed by atoms with E-state index in [1.807, 2.05) is 0 Å². The Balaban J connectivity index is 3.19. The van der Waals surface area contributed by atoms with Crippen LogP contribution in [0.3, 0.4) is 0 Å². The predicted octanol–water partition coefficient (Wildman–Crippen LogP) is 3.70. The summed E-state index contributed by atoms with van der Waals surface area (Å²) in [6.07, 6.45) is -4.45. The Morgan fingerprint density at radius 3 is 2.42 bits per heavy atom. The summed E-state index contributed by atoms with van der Waals surface area (Å²) >= 11 is 3.14. The molecule has 0 bridgehead atoms. The van der Waals surface area contributed by atoms with Gasteiger partial charge in [0.1, 0.15) is 11.1 Å². The molecule has 0 atom stereocenters. The number of halogens is 4. The zero-order valence-corrected chi connectivity index (χ0v) is 12.3. The minimum absolute atomic E-state index is 0.180. The second kappa shape index (κ2) is 5.90. The number of carbonyl (C=O) groups excluding carboxylic acids is 1. The summed E-state index contributed by atoms with van der Waals surface area (Å²) in [5, 5.41) is 0. The van der Waals surface area contributed by atoms with E-state index in [9.17, 15) is 18.0 Å². The Kier molecular flexibility index (Phi) is 4.95. The van der Waals surface area contributed by atoms with E-state index in [0.717, 1.165) is 4.90 Å². The molecule has 0 aliphatic rings. The second-order valence-corrected chi connectivity index (χ2v) is 5.25. The molecule has 0 N–H and O–H groups in total. The van der Waals surface area contributed by atoms with Gasteiger partial charge < -0.3 is 4.90 Å². The minimum atomic E-state index is -4.45. The van der Waals surface area contributed by atoms with E-state index in [1.54, 1.807) is 20.8 Å². The van der Waals surface area contributed by atoms with Crippen molar-refractivity contribution in [3.05, 3.63) is 22.4 Å². The fourth-order valence-corrected chi connectivity index (χ4v) is 1.98. The number of anilines is 1. The summed E-state index contributed by atoms with van der Waals surface area (Å²) in [5.74, 6) is -1.10. The molecule has 0 spiro atoms. The van der Waals surface area contributed by atoms with Crippen LogP contribution in [0.25, 0.3) is 0 Å². The zero-order chi connectivity index (χ0) is 14.8. The van der Waals surface area contributed by atoms with Crippen molar-refractivity contribution in [1.82, 2.24) is 4.98 Å². The van der Waals surface area contributed by atoms with Gasteiger partial charge in [-0.1, -0.05) is 13.8 Å². The lowest BCUT2D eigenvalue weighted by atomic mass is 10.1. The topological polar surface area (TPSA) is 33.2 Å². The first-order valence-electron chi connectivity index (χ1n) is 5.63. The Hall–Kier alpha value is -1.11. The maximum Gasteiger partial charge on any atom is 0.406 e. The lowest BCUT2D eigenvalue weighted by molar-refractivity contribution is -0.134. The highest BCUT2D eigenvalue weighted by Crippen LogP contribution is 2.26. The van der Waals surface area contributed by atoms with Crippen molar-refractivity contribution < 1.29 is 18.0 Å².